The van der Waals surface area contributed by atoms with Gasteiger partial charge >= 0.3 is 0 Å². The summed E-state index contributed by atoms with van der Waals surface area (Å²) in [4.78, 5) is 4.86. The van der Waals surface area contributed by atoms with Gasteiger partial charge in [0.05, 0.1) is 12.2 Å². The molecule has 2 N–H and O–H groups in total. The van der Waals surface area contributed by atoms with E-state index in [-0.39, 0.29) is 0 Å². The summed E-state index contributed by atoms with van der Waals surface area (Å²) in [5.41, 5.74) is 5.96. The van der Waals surface area contributed by atoms with Gasteiger partial charge in [0.2, 0.25) is 0 Å². The summed E-state index contributed by atoms with van der Waals surface area (Å²) in [5.74, 6) is 0. The number of ether oxygens (including phenoxy) is 1. The zero-order valence-corrected chi connectivity index (χ0v) is 11.4. The van der Waals surface area contributed by atoms with Crippen molar-refractivity contribution in [2.75, 3.05) is 33.7 Å². The minimum Gasteiger partial charge on any atom is -0.374 e. The van der Waals surface area contributed by atoms with Crippen molar-refractivity contribution in [1.82, 2.24) is 9.80 Å². The highest BCUT2D eigenvalue weighted by Gasteiger charge is 2.36. The Morgan fingerprint density at radius 1 is 1.35 bits per heavy atom. The van der Waals surface area contributed by atoms with Crippen molar-refractivity contribution >= 4 is 0 Å². The summed E-state index contributed by atoms with van der Waals surface area (Å²) in [7, 11) is 4.33. The molecule has 0 amide bonds. The molecule has 0 aromatic rings. The van der Waals surface area contributed by atoms with Gasteiger partial charge in [-0.15, -0.1) is 0 Å². The first-order valence-electron chi connectivity index (χ1n) is 6.87. The van der Waals surface area contributed by atoms with Gasteiger partial charge in [0.1, 0.15) is 0 Å². The third kappa shape index (κ3) is 2.99. The van der Waals surface area contributed by atoms with Crippen molar-refractivity contribution in [3.8, 4) is 0 Å². The second kappa shape index (κ2) is 5.65. The molecule has 0 aliphatic carbocycles. The van der Waals surface area contributed by atoms with Gasteiger partial charge in [-0.05, 0) is 40.3 Å². The van der Waals surface area contributed by atoms with Crippen LogP contribution < -0.4 is 5.73 Å². The molecule has 0 aromatic heterocycles. The number of likely N-dealkylation sites (N-methyl/N-ethyl adjacent to an activating group) is 1. The van der Waals surface area contributed by atoms with E-state index >= 15 is 0 Å². The van der Waals surface area contributed by atoms with E-state index in [2.05, 4.69) is 30.8 Å². The third-order valence-electron chi connectivity index (χ3n) is 4.33. The third-order valence-corrected chi connectivity index (χ3v) is 4.33. The van der Waals surface area contributed by atoms with Crippen molar-refractivity contribution in [3.05, 3.63) is 0 Å². The summed E-state index contributed by atoms with van der Waals surface area (Å²) in [6.07, 6.45) is 4.39. The topological polar surface area (TPSA) is 41.7 Å². The Kier molecular flexibility index (Phi) is 4.42. The molecule has 2 rings (SSSR count). The SMILES string of the molecule is CC1CCC(C(CN)N2CCC(N(C)C)C2)O1. The van der Waals surface area contributed by atoms with Gasteiger partial charge in [-0.3, -0.25) is 4.90 Å². The molecule has 2 aliphatic rings. The van der Waals surface area contributed by atoms with Crippen LogP contribution in [0.2, 0.25) is 0 Å². The summed E-state index contributed by atoms with van der Waals surface area (Å²) in [6, 6.07) is 1.10. The normalized spacial score (nSPS) is 36.9. The largest absolute Gasteiger partial charge is 0.374 e. The highest BCUT2D eigenvalue weighted by molar-refractivity contribution is 4.91. The summed E-state index contributed by atoms with van der Waals surface area (Å²) >= 11 is 0. The number of nitrogens with two attached hydrogens (primary N) is 1. The predicted molar refractivity (Wildman–Crippen MR) is 70.1 cm³/mol. The average Bonchev–Trinajstić information content (AvgIpc) is 2.89. The number of likely N-dealkylation sites (tertiary alicyclic amines) is 1. The summed E-state index contributed by atoms with van der Waals surface area (Å²) in [5, 5.41) is 0. The lowest BCUT2D eigenvalue weighted by atomic mass is 10.1. The van der Waals surface area contributed by atoms with E-state index in [0.717, 1.165) is 13.1 Å². The molecule has 0 aromatic carbocycles. The van der Waals surface area contributed by atoms with Crippen LogP contribution in [-0.4, -0.2) is 67.8 Å². The van der Waals surface area contributed by atoms with Gasteiger partial charge in [-0.1, -0.05) is 0 Å². The van der Waals surface area contributed by atoms with Crippen molar-refractivity contribution in [2.24, 2.45) is 5.73 Å². The molecule has 2 heterocycles. The molecule has 100 valence electrons. The molecule has 0 spiro atoms. The fraction of sp³-hybridized carbons (Fsp3) is 1.00. The second-order valence-corrected chi connectivity index (χ2v) is 5.77. The molecule has 0 bridgehead atoms. The molecule has 2 fully saturated rings. The van der Waals surface area contributed by atoms with E-state index in [1.165, 1.54) is 25.8 Å². The lowest BCUT2D eigenvalue weighted by Gasteiger charge is -2.32. The van der Waals surface area contributed by atoms with E-state index < -0.39 is 0 Å². The van der Waals surface area contributed by atoms with Gasteiger partial charge in [0.25, 0.3) is 0 Å². The number of rotatable bonds is 4. The lowest BCUT2D eigenvalue weighted by Crippen LogP contribution is -2.48. The lowest BCUT2D eigenvalue weighted by molar-refractivity contribution is 0.000806. The van der Waals surface area contributed by atoms with Crippen LogP contribution in [0.5, 0.6) is 0 Å². The van der Waals surface area contributed by atoms with Crippen LogP contribution >= 0.6 is 0 Å². The first kappa shape index (κ1) is 13.3. The highest BCUT2D eigenvalue weighted by atomic mass is 16.5. The first-order chi connectivity index (χ1) is 8.11. The van der Waals surface area contributed by atoms with Gasteiger partial charge in [0.15, 0.2) is 0 Å². The monoisotopic (exact) mass is 241 g/mol. The molecular weight excluding hydrogens is 214 g/mol. The molecule has 4 unspecified atom stereocenters. The zero-order chi connectivity index (χ0) is 12.4. The molecule has 17 heavy (non-hydrogen) atoms. The Bertz CT molecular complexity index is 247. The fourth-order valence-corrected chi connectivity index (χ4v) is 3.14. The first-order valence-corrected chi connectivity index (χ1v) is 6.87. The maximum atomic E-state index is 5.99. The Morgan fingerprint density at radius 3 is 2.59 bits per heavy atom. The Hall–Kier alpha value is -0.160. The van der Waals surface area contributed by atoms with E-state index in [9.17, 15) is 0 Å². The Morgan fingerprint density at radius 2 is 2.12 bits per heavy atom. The molecule has 4 atom stereocenters. The average molecular weight is 241 g/mol. The number of hydrogen-bond acceptors (Lipinski definition) is 4. The minimum absolute atomic E-state index is 0.357. The zero-order valence-electron chi connectivity index (χ0n) is 11.4. The number of hydrogen-bond donors (Lipinski definition) is 1. The van der Waals surface area contributed by atoms with Gasteiger partial charge in [0, 0.05) is 31.7 Å². The van der Waals surface area contributed by atoms with Crippen LogP contribution in [-0.2, 0) is 4.74 Å². The van der Waals surface area contributed by atoms with Gasteiger partial charge < -0.3 is 15.4 Å². The van der Waals surface area contributed by atoms with Crippen LogP contribution in [0.25, 0.3) is 0 Å². The maximum Gasteiger partial charge on any atom is 0.0747 e. The molecule has 0 saturated carbocycles. The van der Waals surface area contributed by atoms with E-state index in [0.29, 0.717) is 24.3 Å². The molecule has 4 nitrogen and oxygen atoms in total. The highest BCUT2D eigenvalue weighted by Crippen LogP contribution is 2.26. The molecule has 2 aliphatic heterocycles. The van der Waals surface area contributed by atoms with Crippen LogP contribution in [0.1, 0.15) is 26.2 Å². The fourth-order valence-electron chi connectivity index (χ4n) is 3.14. The van der Waals surface area contributed by atoms with Crippen LogP contribution in [0.15, 0.2) is 0 Å². The summed E-state index contributed by atoms with van der Waals surface area (Å²) in [6.45, 7) is 5.19. The van der Waals surface area contributed by atoms with E-state index in [4.69, 9.17) is 10.5 Å². The molecule has 2 saturated heterocycles. The molecule has 4 heteroatoms. The summed E-state index contributed by atoms with van der Waals surface area (Å²) < 4.78 is 5.99. The van der Waals surface area contributed by atoms with Crippen LogP contribution in [0.3, 0.4) is 0 Å². The van der Waals surface area contributed by atoms with Gasteiger partial charge in [-0.2, -0.15) is 0 Å². The quantitative estimate of drug-likeness (QED) is 0.779. The van der Waals surface area contributed by atoms with E-state index in [1.807, 2.05) is 0 Å². The van der Waals surface area contributed by atoms with Crippen LogP contribution in [0.4, 0.5) is 0 Å². The smallest absolute Gasteiger partial charge is 0.0747 e. The standard InChI is InChI=1S/C13H27N3O/c1-10-4-5-13(17-10)12(8-14)16-7-6-11(9-16)15(2)3/h10-13H,4-9,14H2,1-3H3. The number of nitrogens with zero attached hydrogens (tertiary/aromatic N) is 2. The molecule has 0 radical (unpaired) electrons. The predicted octanol–water partition coefficient (Wildman–Crippen LogP) is 0.517. The van der Waals surface area contributed by atoms with Gasteiger partial charge in [-0.25, -0.2) is 0 Å². The maximum absolute atomic E-state index is 5.99. The van der Waals surface area contributed by atoms with Crippen LogP contribution in [0, 0.1) is 0 Å². The van der Waals surface area contributed by atoms with Crippen molar-refractivity contribution < 1.29 is 4.74 Å². The Balaban J connectivity index is 1.91. The van der Waals surface area contributed by atoms with Crippen molar-refractivity contribution in [2.45, 2.75) is 50.5 Å². The van der Waals surface area contributed by atoms with Crippen molar-refractivity contribution in [1.29, 1.82) is 0 Å². The minimum atomic E-state index is 0.357. The second-order valence-electron chi connectivity index (χ2n) is 5.77. The molecular formula is C13H27N3O. The van der Waals surface area contributed by atoms with E-state index in [1.54, 1.807) is 0 Å². The van der Waals surface area contributed by atoms with Crippen molar-refractivity contribution in [3.63, 3.8) is 0 Å². The Labute approximate surface area is 105 Å².